The van der Waals surface area contributed by atoms with Crippen LogP contribution in [-0.2, 0) is 11.2 Å². The first-order valence-corrected chi connectivity index (χ1v) is 13.2. The van der Waals surface area contributed by atoms with Crippen molar-refractivity contribution in [3.8, 4) is 0 Å². The van der Waals surface area contributed by atoms with E-state index in [1.165, 1.54) is 16.0 Å². The zero-order valence-electron chi connectivity index (χ0n) is 18.7. The minimum Gasteiger partial charge on any atom is -0.351 e. The molecule has 33 heavy (non-hydrogen) atoms. The molecule has 3 aromatic rings. The Morgan fingerprint density at radius 1 is 1.03 bits per heavy atom. The van der Waals surface area contributed by atoms with Crippen molar-refractivity contribution in [1.82, 2.24) is 10.2 Å². The molecule has 0 bridgehead atoms. The average molecular weight is 477 g/mol. The lowest BCUT2D eigenvalue weighted by Gasteiger charge is -2.24. The van der Waals surface area contributed by atoms with Crippen molar-refractivity contribution >= 4 is 35.3 Å². The third-order valence-electron chi connectivity index (χ3n) is 5.59. The first kappa shape index (κ1) is 23.5. The van der Waals surface area contributed by atoms with E-state index in [1.54, 1.807) is 23.5 Å². The monoisotopic (exact) mass is 476 g/mol. The summed E-state index contributed by atoms with van der Waals surface area (Å²) in [6, 6.07) is 26.3. The summed E-state index contributed by atoms with van der Waals surface area (Å²) in [6.45, 7) is 3.38. The molecule has 0 aromatic heterocycles. The van der Waals surface area contributed by atoms with Crippen molar-refractivity contribution in [2.24, 2.45) is 0 Å². The summed E-state index contributed by atoms with van der Waals surface area (Å²) in [5, 5.41) is 3.00. The van der Waals surface area contributed by atoms with Gasteiger partial charge in [-0.25, -0.2) is 0 Å². The van der Waals surface area contributed by atoms with Gasteiger partial charge in [-0.2, -0.15) is 0 Å². The van der Waals surface area contributed by atoms with Crippen LogP contribution in [0.3, 0.4) is 0 Å². The zero-order valence-corrected chi connectivity index (χ0v) is 20.3. The highest BCUT2D eigenvalue weighted by atomic mass is 32.2. The van der Waals surface area contributed by atoms with Crippen molar-refractivity contribution in [2.75, 3.05) is 24.6 Å². The average Bonchev–Trinajstić information content (AvgIpc) is 3.22. The Morgan fingerprint density at radius 2 is 1.76 bits per heavy atom. The molecule has 1 N–H and O–H groups in total. The van der Waals surface area contributed by atoms with E-state index in [0.29, 0.717) is 24.4 Å². The van der Waals surface area contributed by atoms with Crippen LogP contribution in [0.15, 0.2) is 83.8 Å². The molecule has 1 aliphatic heterocycles. The molecule has 0 spiro atoms. The van der Waals surface area contributed by atoms with Gasteiger partial charge in [0, 0.05) is 29.3 Å². The highest BCUT2D eigenvalue weighted by molar-refractivity contribution is 8.00. The van der Waals surface area contributed by atoms with Gasteiger partial charge in [-0.1, -0.05) is 60.2 Å². The fourth-order valence-electron chi connectivity index (χ4n) is 3.74. The molecule has 0 aliphatic carbocycles. The minimum atomic E-state index is -0.0675. The van der Waals surface area contributed by atoms with Gasteiger partial charge in [-0.05, 0) is 48.7 Å². The molecule has 4 nitrogen and oxygen atoms in total. The van der Waals surface area contributed by atoms with Gasteiger partial charge in [-0.15, -0.1) is 23.5 Å². The number of carbonyl (C=O) groups excluding carboxylic acids is 2. The zero-order chi connectivity index (χ0) is 23.0. The second kappa shape index (κ2) is 11.4. The van der Waals surface area contributed by atoms with E-state index in [1.807, 2.05) is 47.4 Å². The van der Waals surface area contributed by atoms with Crippen LogP contribution in [-0.4, -0.2) is 41.3 Å². The van der Waals surface area contributed by atoms with Crippen molar-refractivity contribution in [3.63, 3.8) is 0 Å². The van der Waals surface area contributed by atoms with Crippen LogP contribution < -0.4 is 5.32 Å². The molecule has 1 fully saturated rings. The summed E-state index contributed by atoms with van der Waals surface area (Å²) in [7, 11) is 0. The predicted molar refractivity (Wildman–Crippen MR) is 138 cm³/mol. The Hall–Kier alpha value is -2.70. The van der Waals surface area contributed by atoms with Gasteiger partial charge in [0.15, 0.2) is 0 Å². The molecule has 0 radical (unpaired) electrons. The van der Waals surface area contributed by atoms with Gasteiger partial charge < -0.3 is 10.2 Å². The quantitative estimate of drug-likeness (QED) is 0.335. The number of amides is 2. The molecule has 3 aromatic carbocycles. The molecule has 0 saturated carbocycles. The summed E-state index contributed by atoms with van der Waals surface area (Å²) in [5.74, 6) is 1.43. The number of hydrogen-bond donors (Lipinski definition) is 1. The van der Waals surface area contributed by atoms with E-state index in [9.17, 15) is 9.59 Å². The van der Waals surface area contributed by atoms with Crippen molar-refractivity contribution in [3.05, 3.63) is 101 Å². The van der Waals surface area contributed by atoms with E-state index in [0.717, 1.165) is 17.7 Å². The number of aryl methyl sites for hydroxylation is 1. The Morgan fingerprint density at radius 3 is 2.48 bits per heavy atom. The predicted octanol–water partition coefficient (Wildman–Crippen LogP) is 5.33. The summed E-state index contributed by atoms with van der Waals surface area (Å²) in [6.07, 6.45) is 0.838. The van der Waals surface area contributed by atoms with Crippen LogP contribution in [0.25, 0.3) is 0 Å². The minimum absolute atomic E-state index is 0.00392. The van der Waals surface area contributed by atoms with Crippen LogP contribution in [0.4, 0.5) is 0 Å². The molecule has 1 atom stereocenters. The maximum Gasteiger partial charge on any atom is 0.251 e. The smallest absolute Gasteiger partial charge is 0.251 e. The van der Waals surface area contributed by atoms with Crippen molar-refractivity contribution in [1.29, 1.82) is 0 Å². The molecule has 2 amide bonds. The number of benzene rings is 3. The molecule has 0 unspecified atom stereocenters. The highest BCUT2D eigenvalue weighted by Gasteiger charge is 2.32. The lowest BCUT2D eigenvalue weighted by Crippen LogP contribution is -2.30. The van der Waals surface area contributed by atoms with Gasteiger partial charge >= 0.3 is 0 Å². The highest BCUT2D eigenvalue weighted by Crippen LogP contribution is 2.38. The number of hydrogen-bond acceptors (Lipinski definition) is 4. The number of carbonyl (C=O) groups is 2. The number of nitrogens with zero attached hydrogens (tertiary/aromatic N) is 1. The number of rotatable bonds is 9. The van der Waals surface area contributed by atoms with Gasteiger partial charge in [0.25, 0.3) is 5.91 Å². The van der Waals surface area contributed by atoms with Crippen LogP contribution in [0.5, 0.6) is 0 Å². The van der Waals surface area contributed by atoms with Gasteiger partial charge in [0.05, 0.1) is 5.75 Å². The standard InChI is InChI=1S/C27H28N2O2S2/c1-20-7-13-24(14-8-20)32-18-16-28-26(31)22-9-11-23(12-10-22)27-29(25(30)19-33-27)17-15-21-5-3-2-4-6-21/h2-14,27H,15-19H2,1H3,(H,28,31)/t27-/m1/s1. The molecular formula is C27H28N2O2S2. The number of nitrogens with one attached hydrogen (secondary N) is 1. The van der Waals surface area contributed by atoms with Gasteiger partial charge in [-0.3, -0.25) is 9.59 Å². The van der Waals surface area contributed by atoms with Crippen LogP contribution in [0.1, 0.15) is 32.4 Å². The second-order valence-electron chi connectivity index (χ2n) is 8.03. The molecule has 1 aliphatic rings. The summed E-state index contributed by atoms with van der Waals surface area (Å²) < 4.78 is 0. The topological polar surface area (TPSA) is 49.4 Å². The Kier molecular flexibility index (Phi) is 8.13. The lowest BCUT2D eigenvalue weighted by atomic mass is 10.1. The van der Waals surface area contributed by atoms with E-state index in [4.69, 9.17) is 0 Å². The van der Waals surface area contributed by atoms with Crippen molar-refractivity contribution in [2.45, 2.75) is 23.6 Å². The molecule has 6 heteroatoms. The van der Waals surface area contributed by atoms with Gasteiger partial charge in [0.2, 0.25) is 5.91 Å². The van der Waals surface area contributed by atoms with E-state index in [2.05, 4.69) is 48.6 Å². The van der Waals surface area contributed by atoms with E-state index >= 15 is 0 Å². The van der Waals surface area contributed by atoms with Crippen molar-refractivity contribution < 1.29 is 9.59 Å². The summed E-state index contributed by atoms with van der Waals surface area (Å²) >= 11 is 3.38. The molecule has 1 saturated heterocycles. The van der Waals surface area contributed by atoms with Crippen LogP contribution >= 0.6 is 23.5 Å². The fraction of sp³-hybridized carbons (Fsp3) is 0.259. The lowest BCUT2D eigenvalue weighted by molar-refractivity contribution is -0.128. The summed E-state index contributed by atoms with van der Waals surface area (Å²) in [4.78, 5) is 28.1. The normalized spacial score (nSPS) is 15.6. The number of thioether (sulfide) groups is 2. The molecule has 170 valence electrons. The first-order valence-electron chi connectivity index (χ1n) is 11.1. The molecular weight excluding hydrogens is 448 g/mol. The molecule has 1 heterocycles. The van der Waals surface area contributed by atoms with E-state index < -0.39 is 0 Å². The molecule has 4 rings (SSSR count). The SMILES string of the molecule is Cc1ccc(SCCNC(=O)c2ccc([C@H]3SCC(=O)N3CCc3ccccc3)cc2)cc1. The van der Waals surface area contributed by atoms with E-state index in [-0.39, 0.29) is 17.2 Å². The first-order chi connectivity index (χ1) is 16.1. The maximum absolute atomic E-state index is 12.5. The second-order valence-corrected chi connectivity index (χ2v) is 10.3. The Labute approximate surface area is 204 Å². The Balaban J connectivity index is 1.28. The summed E-state index contributed by atoms with van der Waals surface area (Å²) in [5.41, 5.74) is 4.18. The van der Waals surface area contributed by atoms with Gasteiger partial charge in [0.1, 0.15) is 5.37 Å². The van der Waals surface area contributed by atoms with Crippen LogP contribution in [0, 0.1) is 6.92 Å². The largest absolute Gasteiger partial charge is 0.351 e. The maximum atomic E-state index is 12.5. The Bertz CT molecular complexity index is 1070. The van der Waals surface area contributed by atoms with Crippen LogP contribution in [0.2, 0.25) is 0 Å². The fourth-order valence-corrected chi connectivity index (χ4v) is 5.72. The third-order valence-corrected chi connectivity index (χ3v) is 7.86. The third kappa shape index (κ3) is 6.42.